The molecule has 1 aromatic heterocycles. The van der Waals surface area contributed by atoms with Crippen LogP contribution in [0.25, 0.3) is 22.2 Å². The third-order valence-corrected chi connectivity index (χ3v) is 4.18. The van der Waals surface area contributed by atoms with E-state index in [4.69, 9.17) is 10.7 Å². The van der Waals surface area contributed by atoms with Crippen molar-refractivity contribution in [1.82, 2.24) is 4.98 Å². The fourth-order valence-corrected chi connectivity index (χ4v) is 2.87. The zero-order valence-electron chi connectivity index (χ0n) is 10.5. The van der Waals surface area contributed by atoms with Crippen LogP contribution >= 0.6 is 22.6 Å². The summed E-state index contributed by atoms with van der Waals surface area (Å²) in [5, 5.41) is 1.03. The van der Waals surface area contributed by atoms with Crippen molar-refractivity contribution >= 4 is 39.2 Å². The van der Waals surface area contributed by atoms with E-state index in [1.54, 1.807) is 0 Å². The van der Waals surface area contributed by atoms with Gasteiger partial charge in [-0.25, -0.2) is 4.98 Å². The lowest BCUT2D eigenvalue weighted by atomic mass is 10.0. The molecule has 0 bridgehead atoms. The molecule has 0 aliphatic heterocycles. The minimum Gasteiger partial charge on any atom is -0.398 e. The summed E-state index contributed by atoms with van der Waals surface area (Å²) >= 11 is 2.30. The summed E-state index contributed by atoms with van der Waals surface area (Å²) in [4.78, 5) is 4.82. The number of hydrogen-bond acceptors (Lipinski definition) is 2. The second-order valence-electron chi connectivity index (χ2n) is 4.50. The maximum absolute atomic E-state index is 6.28. The van der Waals surface area contributed by atoms with E-state index in [1.807, 2.05) is 37.3 Å². The molecule has 3 aromatic rings. The maximum atomic E-state index is 6.28. The van der Waals surface area contributed by atoms with Crippen LogP contribution in [-0.4, -0.2) is 4.98 Å². The van der Waals surface area contributed by atoms with Crippen LogP contribution in [0.1, 0.15) is 5.56 Å². The Balaban J connectivity index is 2.39. The van der Waals surface area contributed by atoms with Gasteiger partial charge in [0.05, 0.1) is 11.2 Å². The van der Waals surface area contributed by atoms with Gasteiger partial charge in [-0.1, -0.05) is 42.5 Å². The molecule has 3 heteroatoms. The Morgan fingerprint density at radius 1 is 1.00 bits per heavy atom. The van der Waals surface area contributed by atoms with Crippen molar-refractivity contribution in [1.29, 1.82) is 0 Å². The van der Waals surface area contributed by atoms with Gasteiger partial charge in [0.1, 0.15) is 0 Å². The summed E-state index contributed by atoms with van der Waals surface area (Å²) < 4.78 is 1.12. The van der Waals surface area contributed by atoms with Gasteiger partial charge in [-0.15, -0.1) is 0 Å². The van der Waals surface area contributed by atoms with Crippen LogP contribution in [0.3, 0.4) is 0 Å². The van der Waals surface area contributed by atoms with Crippen LogP contribution in [-0.2, 0) is 0 Å². The van der Waals surface area contributed by atoms with Crippen molar-refractivity contribution in [3.8, 4) is 11.3 Å². The molecule has 0 atom stereocenters. The van der Waals surface area contributed by atoms with Crippen molar-refractivity contribution in [2.45, 2.75) is 6.92 Å². The molecule has 94 valence electrons. The highest BCUT2D eigenvalue weighted by Crippen LogP contribution is 2.32. The minimum atomic E-state index is 0.822. The van der Waals surface area contributed by atoms with E-state index in [0.29, 0.717) is 0 Å². The van der Waals surface area contributed by atoms with Crippen molar-refractivity contribution in [2.75, 3.05) is 5.73 Å². The maximum Gasteiger partial charge on any atom is 0.0863 e. The smallest absolute Gasteiger partial charge is 0.0863 e. The highest BCUT2D eigenvalue weighted by molar-refractivity contribution is 14.1. The van der Waals surface area contributed by atoms with Crippen molar-refractivity contribution in [3.05, 3.63) is 57.7 Å². The first kappa shape index (κ1) is 12.4. The highest BCUT2D eigenvalue weighted by atomic mass is 127. The molecule has 1 heterocycles. The summed E-state index contributed by atoms with van der Waals surface area (Å²) in [7, 11) is 0. The Morgan fingerprint density at radius 2 is 1.74 bits per heavy atom. The molecular weight excluding hydrogens is 347 g/mol. The van der Waals surface area contributed by atoms with Crippen LogP contribution in [0.4, 0.5) is 5.69 Å². The van der Waals surface area contributed by atoms with E-state index in [2.05, 4.69) is 40.8 Å². The molecule has 0 radical (unpaired) electrons. The Bertz CT molecular complexity index is 752. The Labute approximate surface area is 125 Å². The molecule has 0 unspecified atom stereocenters. The number of nitrogen functional groups attached to an aromatic ring is 1. The van der Waals surface area contributed by atoms with E-state index in [9.17, 15) is 0 Å². The van der Waals surface area contributed by atoms with Gasteiger partial charge in [-0.3, -0.25) is 0 Å². The number of halogens is 1. The molecule has 19 heavy (non-hydrogen) atoms. The average molecular weight is 360 g/mol. The van der Waals surface area contributed by atoms with Gasteiger partial charge in [0, 0.05) is 20.2 Å². The lowest BCUT2D eigenvalue weighted by molar-refractivity contribution is 1.32. The molecule has 2 aromatic carbocycles. The summed E-state index contributed by atoms with van der Waals surface area (Å²) in [6.07, 6.45) is 0. The molecule has 0 saturated carbocycles. The number of nitrogens with zero attached hydrogens (tertiary/aromatic N) is 1. The number of anilines is 1. The Hall–Kier alpha value is -1.62. The molecule has 2 N–H and O–H groups in total. The second-order valence-corrected chi connectivity index (χ2v) is 5.66. The molecule has 2 nitrogen and oxygen atoms in total. The Morgan fingerprint density at radius 3 is 2.47 bits per heavy atom. The normalized spacial score (nSPS) is 10.8. The average Bonchev–Trinajstić information content (AvgIpc) is 2.44. The number of aromatic nitrogens is 1. The molecule has 0 saturated heterocycles. The minimum absolute atomic E-state index is 0.822. The van der Waals surface area contributed by atoms with Crippen molar-refractivity contribution < 1.29 is 0 Å². The van der Waals surface area contributed by atoms with Gasteiger partial charge in [0.25, 0.3) is 0 Å². The molecule has 0 aliphatic rings. The van der Waals surface area contributed by atoms with Gasteiger partial charge in [0.15, 0.2) is 0 Å². The van der Waals surface area contributed by atoms with E-state index >= 15 is 0 Å². The first-order chi connectivity index (χ1) is 9.18. The fraction of sp³-hybridized carbons (Fsp3) is 0.0625. The number of pyridine rings is 1. The molecule has 0 aliphatic carbocycles. The van der Waals surface area contributed by atoms with Crippen molar-refractivity contribution in [3.63, 3.8) is 0 Å². The van der Waals surface area contributed by atoms with E-state index in [1.165, 1.54) is 0 Å². The predicted octanol–water partition coefficient (Wildman–Crippen LogP) is 4.40. The van der Waals surface area contributed by atoms with Crippen LogP contribution < -0.4 is 5.73 Å². The van der Waals surface area contributed by atoms with Crippen molar-refractivity contribution in [2.24, 2.45) is 0 Å². The standard InChI is InChI=1S/C16H13IN2/c1-10-14(18)12-8-5-9-13(17)16(12)19-15(10)11-6-3-2-4-7-11/h2-9H,1H3,(H2,18,19). The first-order valence-corrected chi connectivity index (χ1v) is 7.16. The van der Waals surface area contributed by atoms with Gasteiger partial charge in [-0.2, -0.15) is 0 Å². The molecule has 3 rings (SSSR count). The van der Waals surface area contributed by atoms with E-state index in [0.717, 1.165) is 37.0 Å². The molecule has 0 amide bonds. The van der Waals surface area contributed by atoms with Gasteiger partial charge >= 0.3 is 0 Å². The van der Waals surface area contributed by atoms with Crippen LogP contribution in [0.15, 0.2) is 48.5 Å². The third kappa shape index (κ3) is 2.08. The summed E-state index contributed by atoms with van der Waals surface area (Å²) in [6, 6.07) is 16.3. The summed E-state index contributed by atoms with van der Waals surface area (Å²) in [5.74, 6) is 0. The van der Waals surface area contributed by atoms with E-state index in [-0.39, 0.29) is 0 Å². The van der Waals surface area contributed by atoms with Gasteiger partial charge in [0.2, 0.25) is 0 Å². The topological polar surface area (TPSA) is 38.9 Å². The van der Waals surface area contributed by atoms with E-state index < -0.39 is 0 Å². The molecular formula is C16H13IN2. The highest BCUT2D eigenvalue weighted by Gasteiger charge is 2.12. The van der Waals surface area contributed by atoms with Crippen LogP contribution in [0.2, 0.25) is 0 Å². The Kier molecular flexibility index (Phi) is 3.14. The number of nitrogens with two attached hydrogens (primary N) is 1. The molecule has 0 fully saturated rings. The number of hydrogen-bond donors (Lipinski definition) is 1. The second kappa shape index (κ2) is 4.81. The fourth-order valence-electron chi connectivity index (χ4n) is 2.25. The number of fused-ring (bicyclic) bond motifs is 1. The quantitative estimate of drug-likeness (QED) is 0.654. The molecule has 0 spiro atoms. The summed E-state index contributed by atoms with van der Waals surface area (Å²) in [6.45, 7) is 2.03. The zero-order valence-corrected chi connectivity index (χ0v) is 12.7. The first-order valence-electron chi connectivity index (χ1n) is 6.08. The number of rotatable bonds is 1. The van der Waals surface area contributed by atoms with Crippen LogP contribution in [0.5, 0.6) is 0 Å². The van der Waals surface area contributed by atoms with Gasteiger partial charge in [-0.05, 0) is 41.1 Å². The summed E-state index contributed by atoms with van der Waals surface area (Å²) in [5.41, 5.74) is 11.2. The predicted molar refractivity (Wildman–Crippen MR) is 89.0 cm³/mol. The number of para-hydroxylation sites is 1. The van der Waals surface area contributed by atoms with Crippen LogP contribution in [0, 0.1) is 10.5 Å². The SMILES string of the molecule is Cc1c(-c2ccccc2)nc2c(I)cccc2c1N. The third-order valence-electron chi connectivity index (χ3n) is 3.31. The lowest BCUT2D eigenvalue weighted by Gasteiger charge is -2.12. The lowest BCUT2D eigenvalue weighted by Crippen LogP contribution is -1.99. The monoisotopic (exact) mass is 360 g/mol. The van der Waals surface area contributed by atoms with Gasteiger partial charge < -0.3 is 5.73 Å². The number of benzene rings is 2. The largest absolute Gasteiger partial charge is 0.398 e. The zero-order chi connectivity index (χ0) is 13.4.